The summed E-state index contributed by atoms with van der Waals surface area (Å²) in [5.74, 6) is -5.40. The first-order chi connectivity index (χ1) is 51.0. The quantitative estimate of drug-likeness (QED) is 0.00394. The second-order valence-corrected chi connectivity index (χ2v) is 20.7. The van der Waals surface area contributed by atoms with Gasteiger partial charge in [-0.05, 0) is 124 Å². The van der Waals surface area contributed by atoms with E-state index in [1.54, 1.807) is 6.92 Å². The molecule has 1 aliphatic rings. The fourth-order valence-electron chi connectivity index (χ4n) is 5.87. The normalized spacial score (nSPS) is 10.5. The van der Waals surface area contributed by atoms with Crippen molar-refractivity contribution in [2.24, 2.45) is 15.0 Å². The number of unbranched alkanes of at least 4 members (excludes halogenated alkanes) is 8. The Morgan fingerprint density at radius 3 is 0.887 bits per heavy atom. The van der Waals surface area contributed by atoms with E-state index in [0.717, 1.165) is 45.6 Å². The third-order valence-electron chi connectivity index (χ3n) is 11.3. The predicted molar refractivity (Wildman–Crippen MR) is 506 cm³/mol. The summed E-state index contributed by atoms with van der Waals surface area (Å²) < 4.78 is 51.9. The minimum absolute atomic E-state index is 0. The number of aliphatic imine (C=N–C) groups is 3. The van der Waals surface area contributed by atoms with Gasteiger partial charge in [-0.2, -0.15) is 14.9 Å². The molecule has 1 fully saturated rings. The third kappa shape index (κ3) is 192. The van der Waals surface area contributed by atoms with Crippen LogP contribution in [-0.4, -0.2) is 291 Å². The van der Waals surface area contributed by atoms with Crippen LogP contribution in [0.1, 0.15) is 333 Å². The minimum Gasteiger partial charge on any atom is -0.466 e. The molecule has 1 saturated heterocycles. The van der Waals surface area contributed by atoms with Gasteiger partial charge in [-0.25, -0.2) is 52.9 Å². The molecule has 0 aliphatic carbocycles. The zero-order valence-electron chi connectivity index (χ0n) is 65.1. The number of nitrogens with zero attached hydrogens (tertiary/aromatic N) is 3. The van der Waals surface area contributed by atoms with Crippen LogP contribution in [0.25, 0.3) is 0 Å². The number of ether oxygens (including phenoxy) is 11. The largest absolute Gasteiger partial charge is 0.466 e. The number of cyclic esters (lactones) is 2. The minimum atomic E-state index is -1.24. The van der Waals surface area contributed by atoms with Gasteiger partial charge < -0.3 is 108 Å². The van der Waals surface area contributed by atoms with Crippen LogP contribution in [0.3, 0.4) is 0 Å². The molecule has 11 N–H and O–H groups in total. The van der Waals surface area contributed by atoms with Gasteiger partial charge in [-0.15, -0.1) is 0 Å². The molecule has 1 amide bonds. The van der Waals surface area contributed by atoms with Gasteiger partial charge in [0.25, 0.3) is 0 Å². The van der Waals surface area contributed by atoms with Gasteiger partial charge in [0.1, 0.15) is 25.0 Å². The van der Waals surface area contributed by atoms with Gasteiger partial charge in [0, 0.05) is 255 Å². The zero-order valence-corrected chi connectivity index (χ0v) is 79.3. The number of esters is 11. The summed E-state index contributed by atoms with van der Waals surface area (Å²) in [5, 5.41) is 90.2. The van der Waals surface area contributed by atoms with Crippen molar-refractivity contribution in [1.29, 1.82) is 0 Å². The predicted octanol–water partition coefficient (Wildman–Crippen LogP) is 13.7. The fraction of sp³-hybridized carbons (Fsp3) is 0.826. The van der Waals surface area contributed by atoms with Gasteiger partial charge in [-0.3, -0.25) is 24.1 Å². The molecule has 0 bridgehead atoms. The van der Waals surface area contributed by atoms with E-state index in [2.05, 4.69) is 48.7 Å². The number of carbonyl (C=O) groups is 12. The molecule has 0 aromatic heterocycles. The summed E-state index contributed by atoms with van der Waals surface area (Å²) in [4.78, 5) is 167. The van der Waals surface area contributed by atoms with Crippen LogP contribution >= 0.6 is 0 Å². The van der Waals surface area contributed by atoms with Gasteiger partial charge in [-0.1, -0.05) is 162 Å². The number of isocyanates is 2. The van der Waals surface area contributed by atoms with Crippen molar-refractivity contribution in [3.8, 4) is 0 Å². The third-order valence-corrected chi connectivity index (χ3v) is 11.3. The number of carboxylic acid groups (broad SMARTS) is 1. The molecule has 1 heterocycles. The summed E-state index contributed by atoms with van der Waals surface area (Å²) >= 11 is 0. The van der Waals surface area contributed by atoms with Crippen LogP contribution in [0, 0.1) is 0 Å². The molecule has 6 atom stereocenters. The van der Waals surface area contributed by atoms with E-state index in [1.807, 2.05) is 5.32 Å². The van der Waals surface area contributed by atoms with Gasteiger partial charge in [0.2, 0.25) is 18.6 Å². The monoisotopic (exact) mass is 2340 g/mol. The summed E-state index contributed by atoms with van der Waals surface area (Å²) in [6.07, 6.45) is 7.59. The topological polar surface area (TPSA) is 620 Å². The maximum absolute atomic E-state index is 11.6. The number of nitrogens with one attached hydrogen (secondary N) is 1. The molecule has 1 rings (SSSR count). The Hall–Kier alpha value is -3.25. The number of hydrogen-bond donors (Lipinski definition) is 11. The first kappa shape index (κ1) is 230. The molecule has 47 heteroatoms. The number of carbonyl (C=O) groups excluding carboxylic acids is 13. The molecule has 805 valence electrons. The van der Waals surface area contributed by atoms with Crippen LogP contribution in [0.2, 0.25) is 0 Å². The Kier molecular flexibility index (Phi) is 313. The zero-order chi connectivity index (χ0) is 82.7. The second-order valence-electron chi connectivity index (χ2n) is 20.7. The van der Waals surface area contributed by atoms with Crippen molar-refractivity contribution in [3.05, 3.63) is 0 Å². The Morgan fingerprint density at radius 2 is 0.639 bits per heavy atom. The molecule has 6 unspecified atom stereocenters. The molecule has 0 spiro atoms. The molecular formula is C86H198N4O38Y5. The van der Waals surface area contributed by atoms with Crippen molar-refractivity contribution in [2.45, 2.75) is 369 Å². The molecule has 133 heavy (non-hydrogen) atoms. The van der Waals surface area contributed by atoms with Gasteiger partial charge >= 0.3 is 71.8 Å². The SMILES string of the molecule is C.C.C.C.C.C.C.C.C.C.C.C.C.C.C.C.C.C.C.C.C.CC(O)C(=O)OCCCCCC(=O)OCCCO.CC(O)C(=O)OCCCCCC(=O)OCCCO.CC(OOOC=NCNC(=O)O)C(=O)OCCCCCC(=O)OCCCO.CC1OC(=O)C(C)OC1=O.CCOC(=O)COC(=O)C(C)O.CO.O=C(CCCCCO)OCCCO.O=C=NCN=C=O.[Y].[Y].[Y].[Y].[Y]. The van der Waals surface area contributed by atoms with Gasteiger partial charge in [0.15, 0.2) is 31.6 Å². The Morgan fingerprint density at radius 1 is 0.383 bits per heavy atom. The summed E-state index contributed by atoms with van der Waals surface area (Å²) in [7, 11) is 1.00. The number of aliphatic hydroxyl groups is 9. The molecule has 5 radical (unpaired) electrons. The van der Waals surface area contributed by atoms with Crippen molar-refractivity contribution in [2.75, 3.05) is 113 Å². The number of rotatable bonds is 50. The smallest absolute Gasteiger partial charge is 0.406 e. The van der Waals surface area contributed by atoms with E-state index in [1.165, 1.54) is 53.7 Å². The first-order valence-electron chi connectivity index (χ1n) is 33.9. The molecule has 1 aliphatic heterocycles. The van der Waals surface area contributed by atoms with E-state index in [4.69, 9.17) is 84.2 Å². The maximum atomic E-state index is 11.6. The standard InChI is InChI=1S/C15H26N2O10.2C12H22O6.C9H18O4.C7H12O5.C6H8O4.C3H2N2O2.CH4O.21CH4.5Y/c1-12(26-27-25-11-16-10-17-15(21)22)14(20)24-8-4-2-3-6-13(19)23-9-5-7-18;2*1-10(14)12(16)18-8-4-2-3-6-11(15)17-9-5-7-13;10-6-3-1-2-5-9(12)13-8-4-7-11;1-3-11-6(9)4-12-7(10)5(2)8;1-3-5(7)10-4(2)6(8)9-3;6-2-4-1-5-3-7;1-2;;;;;;;;;;;;;;;;;;;;;;;;;;/h11-12,17-18H,2-10H2,1H3,(H,21,22);2*10,13-14H,2-9H2,1H3;10-11H,1-8H2;5,8H,3-4H2,1-2H3;3-4H,1-2H3;1H2;2H,1H3;21*1H4;;;;;. The Bertz CT molecular complexity index is 2380. The van der Waals surface area contributed by atoms with Crippen LogP contribution in [0.4, 0.5) is 4.79 Å². The van der Waals surface area contributed by atoms with E-state index < -0.39 is 91.1 Å². The van der Waals surface area contributed by atoms with E-state index in [0.29, 0.717) is 96.5 Å². The molecule has 0 aromatic rings. The van der Waals surface area contributed by atoms with Crippen molar-refractivity contribution < 1.29 is 349 Å². The Labute approximate surface area is 932 Å². The molecule has 0 aromatic carbocycles. The van der Waals surface area contributed by atoms with Crippen LogP contribution < -0.4 is 5.32 Å². The summed E-state index contributed by atoms with van der Waals surface area (Å²) in [5.41, 5.74) is 0. The second kappa shape index (κ2) is 181. The van der Waals surface area contributed by atoms with Crippen LogP contribution in [-0.2, 0) is 293 Å². The molecule has 0 saturated carbocycles. The van der Waals surface area contributed by atoms with E-state index in [9.17, 15) is 67.1 Å². The number of hydrogen-bond acceptors (Lipinski definition) is 40. The van der Waals surface area contributed by atoms with Crippen molar-refractivity contribution in [3.63, 3.8) is 0 Å². The average Bonchev–Trinajstić information content (AvgIpc) is 0.871. The molecule has 42 nitrogen and oxygen atoms in total. The van der Waals surface area contributed by atoms with Gasteiger partial charge in [0.05, 0.1) is 52.9 Å². The summed E-state index contributed by atoms with van der Waals surface area (Å²) in [6, 6.07) is 0. The Balaban J connectivity index is -0.0000000280. The number of amides is 1. The maximum Gasteiger partial charge on any atom is 0.406 e. The average molecular weight is 2340 g/mol. The van der Waals surface area contributed by atoms with Crippen molar-refractivity contribution in [1.82, 2.24) is 5.32 Å². The summed E-state index contributed by atoms with van der Waals surface area (Å²) in [6.45, 7) is 11.3. The van der Waals surface area contributed by atoms with Crippen LogP contribution in [0.15, 0.2) is 15.0 Å². The molecular weight excluding hydrogens is 2140 g/mol. The first-order valence-corrected chi connectivity index (χ1v) is 33.9. The number of aliphatic hydroxyl groups excluding tert-OH is 9. The fourth-order valence-corrected chi connectivity index (χ4v) is 5.87. The van der Waals surface area contributed by atoms with E-state index in [-0.39, 0.29) is 442 Å². The van der Waals surface area contributed by atoms with E-state index >= 15 is 0 Å². The van der Waals surface area contributed by atoms with Crippen LogP contribution in [0.5, 0.6) is 0 Å². The van der Waals surface area contributed by atoms with Crippen molar-refractivity contribution >= 4 is 90.3 Å².